The number of piperidine rings is 1. The third-order valence-corrected chi connectivity index (χ3v) is 18.2. The van der Waals surface area contributed by atoms with Crippen LogP contribution in [0, 0.1) is 29.6 Å². The number of allylic oxidation sites excluding steroid dienone is 6. The summed E-state index contributed by atoms with van der Waals surface area (Å²) in [5.41, 5.74) is 8.77. The van der Waals surface area contributed by atoms with Gasteiger partial charge >= 0.3 is 12.1 Å². The molecule has 1 saturated carbocycles. The summed E-state index contributed by atoms with van der Waals surface area (Å²) in [6, 6.07) is -2.24. The number of aliphatic hydroxyl groups excluding tert-OH is 2. The molecule has 4 aliphatic heterocycles. The van der Waals surface area contributed by atoms with Gasteiger partial charge in [0.15, 0.2) is 5.78 Å². The van der Waals surface area contributed by atoms with Crippen LogP contribution in [0.4, 0.5) is 10.7 Å². The van der Waals surface area contributed by atoms with Gasteiger partial charge in [0, 0.05) is 121 Å². The fraction of sp³-hybridized carbons (Fsp3) is 0.708. The summed E-state index contributed by atoms with van der Waals surface area (Å²) in [5, 5.41) is 40.0. The van der Waals surface area contributed by atoms with Gasteiger partial charge in [-0.15, -0.1) is 0 Å². The van der Waals surface area contributed by atoms with E-state index in [-0.39, 0.29) is 81.8 Å². The number of nitrogens with two attached hydrogens (primary N) is 1. The molecule has 4 fully saturated rings. The molecule has 0 aromatic carbocycles. The number of nitrogens with zero attached hydrogens (tertiary/aromatic N) is 5. The Kier molecular flexibility index (Phi) is 28.5. The smallest absolute Gasteiger partial charge is 0.407 e. The van der Waals surface area contributed by atoms with Gasteiger partial charge in [0.05, 0.1) is 31.5 Å². The van der Waals surface area contributed by atoms with Gasteiger partial charge in [-0.25, -0.2) is 19.6 Å². The summed E-state index contributed by atoms with van der Waals surface area (Å²) in [7, 11) is 5.14. The number of hydrogen-bond acceptors (Lipinski definition) is 21. The number of Topliss-reactive ketones (excluding diaryl/α,β-unsaturated/α-hetero) is 3. The van der Waals surface area contributed by atoms with Crippen LogP contribution < -0.4 is 21.3 Å². The maximum Gasteiger partial charge on any atom is 0.407 e. The molecule has 0 unspecified atom stereocenters. The minimum absolute atomic E-state index is 0.00311. The highest BCUT2D eigenvalue weighted by molar-refractivity contribution is 6.39. The second-order valence-corrected chi connectivity index (χ2v) is 25.2. The number of alkyl carbamates (subject to hydrolysis) is 1. The quantitative estimate of drug-likeness (QED) is 0.0620. The normalized spacial score (nSPS) is 32.8. The van der Waals surface area contributed by atoms with Crippen molar-refractivity contribution in [1.29, 1.82) is 0 Å². The summed E-state index contributed by atoms with van der Waals surface area (Å²) >= 11 is 0. The maximum absolute atomic E-state index is 14.6. The van der Waals surface area contributed by atoms with Crippen molar-refractivity contribution in [2.24, 2.45) is 35.3 Å². The van der Waals surface area contributed by atoms with E-state index in [1.807, 2.05) is 44.2 Å². The predicted molar refractivity (Wildman–Crippen MR) is 330 cm³/mol. The van der Waals surface area contributed by atoms with Crippen molar-refractivity contribution < 1.29 is 77.3 Å². The molecule has 1 aliphatic carbocycles. The lowest BCUT2D eigenvalue weighted by Gasteiger charge is -2.42. The van der Waals surface area contributed by atoms with E-state index in [0.717, 1.165) is 42.2 Å². The second-order valence-electron chi connectivity index (χ2n) is 25.2. The molecule has 3 amide bonds. The largest absolute Gasteiger partial charge is 0.459 e. The van der Waals surface area contributed by atoms with Gasteiger partial charge in [-0.2, -0.15) is 0 Å². The Hall–Kier alpha value is -5.83. The minimum Gasteiger partial charge on any atom is -0.459 e. The molecule has 1 aromatic rings. The van der Waals surface area contributed by atoms with Crippen LogP contribution >= 0.6 is 0 Å². The van der Waals surface area contributed by atoms with Crippen molar-refractivity contribution in [2.75, 3.05) is 78.6 Å². The van der Waals surface area contributed by atoms with Crippen molar-refractivity contribution in [1.82, 2.24) is 30.4 Å². The third kappa shape index (κ3) is 21.1. The molecule has 7 N–H and O–H groups in total. The van der Waals surface area contributed by atoms with Crippen LogP contribution in [-0.2, 0) is 63.7 Å². The first-order valence-corrected chi connectivity index (χ1v) is 31.9. The summed E-state index contributed by atoms with van der Waals surface area (Å²) in [6.07, 6.45) is 10.4. The number of esters is 1. The number of cyclic esters (lactones) is 1. The molecule has 24 heteroatoms. The summed E-state index contributed by atoms with van der Waals surface area (Å²) < 4.78 is 35.5. The lowest BCUT2D eigenvalue weighted by atomic mass is 9.80. The van der Waals surface area contributed by atoms with Crippen LogP contribution in [0.25, 0.3) is 0 Å². The zero-order valence-electron chi connectivity index (χ0n) is 53.7. The van der Waals surface area contributed by atoms with Crippen LogP contribution in [-0.4, -0.2) is 211 Å². The summed E-state index contributed by atoms with van der Waals surface area (Å²) in [5.74, 6) is -8.79. The molecular formula is C65H100N8O16. The standard InChI is InChI=1S/C65H100N8O16/c1-40-15-11-10-12-16-41(2)53(84-8)35-48-20-18-45(6)65(83,89-48)60(79)61(80)73-24-14-13-17-50(73)62(81)87-54(36-51(74)42(3)32-44(5)58(77)59(78)57(76)43(4)31-40)49(66)33-46-19-21-52(55(34-46)85-9)88-64(82)67-23-30-86-29-22-56(75)68-37-47-38-69-63(70-39-47)72-27-25-71(7)26-28-72/h10-12,15-16,32,38-40,42-43,45-46,48-50,52-55,58-59,77-78,83H,13-14,17-31,33-37,66H2,1-9H3,(H,67,82)(H,68,75)/b12-10?,15-11+,41-16?,44-32+/t40-,42-,43-,45-,46+,48+,49-,50+,52-,53+,54+,55-,58-,59+,65-/m1/s1. The minimum atomic E-state index is -2.50. The van der Waals surface area contributed by atoms with Gasteiger partial charge in [-0.3, -0.25) is 24.0 Å². The number of ketones is 3. The lowest BCUT2D eigenvalue weighted by Crippen LogP contribution is -2.61. The van der Waals surface area contributed by atoms with E-state index in [0.29, 0.717) is 57.3 Å². The molecule has 89 heavy (non-hydrogen) atoms. The van der Waals surface area contributed by atoms with E-state index < -0.39 is 120 Å². The van der Waals surface area contributed by atoms with Crippen LogP contribution in [0.3, 0.4) is 0 Å². The molecule has 0 spiro atoms. The fourth-order valence-corrected chi connectivity index (χ4v) is 12.4. The zero-order valence-corrected chi connectivity index (χ0v) is 53.7. The zero-order chi connectivity index (χ0) is 65.0. The number of nitrogens with one attached hydrogen (secondary N) is 2. The molecule has 5 heterocycles. The average molecular weight is 1250 g/mol. The Morgan fingerprint density at radius 1 is 0.831 bits per heavy atom. The number of ether oxygens (including phenoxy) is 6. The van der Waals surface area contributed by atoms with Crippen LogP contribution in [0.5, 0.6) is 0 Å². The SMILES string of the molecule is CO[C@H]1C[C@@H]2CC[C@@H](C)[C@@](O)(O2)C(=O)C(=O)N2CCCC[C@H]2C(=O)O[C@H]([C@H](N)C[C@@H]2CC[C@@H](OC(=O)NCCOCCC(=O)NCc3cnc(N4CCN(C)CC4)nc3)[C@H](OC)C2)CC(=O)[C@H](C)/C=C(\C)[C@@H](O)[C@@H](O)C(=O)[C@H](C)C[C@H](C)/C=C/C=CC=C1C. The van der Waals surface area contributed by atoms with Crippen molar-refractivity contribution in [3.05, 3.63) is 65.6 Å². The Morgan fingerprint density at radius 3 is 2.27 bits per heavy atom. The number of rotatable bonds is 15. The van der Waals surface area contributed by atoms with E-state index in [4.69, 9.17) is 34.2 Å². The number of aromatic nitrogens is 2. The average Bonchev–Trinajstić information content (AvgIpc) is 1.39. The molecule has 2 bridgehead atoms. The fourth-order valence-electron chi connectivity index (χ4n) is 12.4. The number of methoxy groups -OCH3 is 2. The summed E-state index contributed by atoms with van der Waals surface area (Å²) in [6.45, 7) is 14.5. The topological polar surface area (TPSA) is 321 Å². The van der Waals surface area contributed by atoms with E-state index in [1.165, 1.54) is 20.1 Å². The molecule has 0 radical (unpaired) electrons. The number of hydrogen-bond donors (Lipinski definition) is 6. The first kappa shape index (κ1) is 72.2. The third-order valence-electron chi connectivity index (χ3n) is 18.2. The molecule has 24 nitrogen and oxygen atoms in total. The van der Waals surface area contributed by atoms with Crippen molar-refractivity contribution in [2.45, 2.75) is 192 Å². The second kappa shape index (κ2) is 35.1. The van der Waals surface area contributed by atoms with Gasteiger partial charge in [0.25, 0.3) is 11.7 Å². The lowest BCUT2D eigenvalue weighted by molar-refractivity contribution is -0.265. The molecule has 496 valence electrons. The van der Waals surface area contributed by atoms with E-state index >= 15 is 0 Å². The number of anilines is 1. The Labute approximate surface area is 524 Å². The first-order valence-electron chi connectivity index (χ1n) is 31.9. The number of carbonyl (C=O) groups excluding carboxylic acids is 7. The van der Waals surface area contributed by atoms with Gasteiger partial charge in [-0.05, 0) is 108 Å². The molecule has 5 aliphatic rings. The van der Waals surface area contributed by atoms with Crippen LogP contribution in [0.15, 0.2) is 60.0 Å². The summed E-state index contributed by atoms with van der Waals surface area (Å²) in [4.78, 5) is 111. The number of carbonyl (C=O) groups is 7. The molecule has 3 saturated heterocycles. The van der Waals surface area contributed by atoms with Gasteiger partial charge in [0.1, 0.15) is 36.2 Å². The molecule has 6 rings (SSSR count). The monoisotopic (exact) mass is 1250 g/mol. The van der Waals surface area contributed by atoms with Gasteiger partial charge < -0.3 is 74.8 Å². The first-order chi connectivity index (χ1) is 42.4. The number of aliphatic hydroxyl groups is 3. The number of likely N-dealkylation sites (N-methyl/N-ethyl adjacent to an activating group) is 1. The molecule has 1 aromatic heterocycles. The number of fused-ring (bicyclic) bond motifs is 3. The van der Waals surface area contributed by atoms with Crippen molar-refractivity contribution in [3.8, 4) is 0 Å². The van der Waals surface area contributed by atoms with Gasteiger partial charge in [-0.1, -0.05) is 64.2 Å². The predicted octanol–water partition coefficient (Wildman–Crippen LogP) is 4.22. The van der Waals surface area contributed by atoms with E-state index in [1.54, 1.807) is 40.3 Å². The highest BCUT2D eigenvalue weighted by atomic mass is 16.6. The van der Waals surface area contributed by atoms with Crippen LogP contribution in [0.1, 0.15) is 131 Å². The number of piperazine rings is 1. The van der Waals surface area contributed by atoms with E-state index in [2.05, 4.69) is 37.4 Å². The number of amides is 3. The van der Waals surface area contributed by atoms with Crippen LogP contribution in [0.2, 0.25) is 0 Å². The highest BCUT2D eigenvalue weighted by Crippen LogP contribution is 2.37. The highest BCUT2D eigenvalue weighted by Gasteiger charge is 2.53. The molecular weight excluding hydrogens is 1150 g/mol. The Bertz CT molecular complexity index is 2650. The maximum atomic E-state index is 14.6. The van der Waals surface area contributed by atoms with Crippen molar-refractivity contribution in [3.63, 3.8) is 0 Å². The molecule has 15 atom stereocenters. The van der Waals surface area contributed by atoms with Crippen molar-refractivity contribution >= 4 is 47.2 Å². The Balaban J connectivity index is 1.08. The Morgan fingerprint density at radius 2 is 1.56 bits per heavy atom. The van der Waals surface area contributed by atoms with E-state index in [9.17, 15) is 48.9 Å². The van der Waals surface area contributed by atoms with Gasteiger partial charge in [0.2, 0.25) is 17.6 Å².